The molecule has 0 saturated heterocycles. The second-order valence-electron chi connectivity index (χ2n) is 4.52. The number of hydrogen-bond acceptors (Lipinski definition) is 3. The Morgan fingerprint density at radius 2 is 2.25 bits per heavy atom. The van der Waals surface area contributed by atoms with Crippen molar-refractivity contribution in [1.29, 1.82) is 0 Å². The highest BCUT2D eigenvalue weighted by molar-refractivity contribution is 6.31. The number of amides is 1. The summed E-state index contributed by atoms with van der Waals surface area (Å²) in [5.74, 6) is -0.551. The zero-order valence-corrected chi connectivity index (χ0v) is 11.9. The van der Waals surface area contributed by atoms with E-state index in [-0.39, 0.29) is 23.4 Å². The van der Waals surface area contributed by atoms with E-state index < -0.39 is 5.82 Å². The van der Waals surface area contributed by atoms with Crippen LogP contribution in [-0.4, -0.2) is 23.0 Å². The Kier molecular flexibility index (Phi) is 4.39. The van der Waals surface area contributed by atoms with E-state index in [1.807, 2.05) is 6.92 Å². The Bertz CT molecular complexity index is 601. The molecule has 2 aromatic rings. The number of carbonyl (C=O) groups excluding carboxylic acids is 1. The molecule has 0 N–H and O–H groups in total. The van der Waals surface area contributed by atoms with Crippen LogP contribution in [0.2, 0.25) is 5.02 Å². The van der Waals surface area contributed by atoms with Crippen LogP contribution < -0.4 is 0 Å². The SMILES string of the molecule is C[C@@H](c1ccon1)N(C)C(=O)Cc1ccc(F)cc1Cl. The van der Waals surface area contributed by atoms with Crippen molar-refractivity contribution in [2.75, 3.05) is 7.05 Å². The molecule has 106 valence electrons. The molecule has 0 aliphatic rings. The van der Waals surface area contributed by atoms with E-state index in [1.165, 1.54) is 24.5 Å². The minimum Gasteiger partial charge on any atom is -0.364 e. The number of halogens is 2. The van der Waals surface area contributed by atoms with E-state index in [1.54, 1.807) is 18.0 Å². The summed E-state index contributed by atoms with van der Waals surface area (Å²) in [6.07, 6.45) is 1.57. The van der Waals surface area contributed by atoms with Crippen LogP contribution in [0.25, 0.3) is 0 Å². The summed E-state index contributed by atoms with van der Waals surface area (Å²) >= 11 is 5.92. The highest BCUT2D eigenvalue weighted by Gasteiger charge is 2.20. The van der Waals surface area contributed by atoms with Gasteiger partial charge in [-0.05, 0) is 24.6 Å². The smallest absolute Gasteiger partial charge is 0.227 e. The molecule has 1 amide bonds. The van der Waals surface area contributed by atoms with E-state index in [2.05, 4.69) is 5.16 Å². The summed E-state index contributed by atoms with van der Waals surface area (Å²) in [7, 11) is 1.68. The van der Waals surface area contributed by atoms with Crippen molar-refractivity contribution in [3.63, 3.8) is 0 Å². The topological polar surface area (TPSA) is 46.3 Å². The molecule has 0 aliphatic carbocycles. The molecule has 0 unspecified atom stereocenters. The van der Waals surface area contributed by atoms with Crippen molar-refractivity contribution >= 4 is 17.5 Å². The monoisotopic (exact) mass is 296 g/mol. The summed E-state index contributed by atoms with van der Waals surface area (Å²) in [6, 6.07) is 5.50. The van der Waals surface area contributed by atoms with Crippen LogP contribution in [0.5, 0.6) is 0 Å². The molecule has 1 atom stereocenters. The van der Waals surface area contributed by atoms with Crippen LogP contribution >= 0.6 is 11.6 Å². The first kappa shape index (κ1) is 14.5. The number of carbonyl (C=O) groups is 1. The Morgan fingerprint density at radius 3 is 2.85 bits per heavy atom. The van der Waals surface area contributed by atoms with Gasteiger partial charge >= 0.3 is 0 Å². The van der Waals surface area contributed by atoms with Gasteiger partial charge in [0.2, 0.25) is 5.91 Å². The lowest BCUT2D eigenvalue weighted by Gasteiger charge is -2.23. The van der Waals surface area contributed by atoms with Crippen LogP contribution in [0.3, 0.4) is 0 Å². The second-order valence-corrected chi connectivity index (χ2v) is 4.92. The Labute approximate surface area is 121 Å². The van der Waals surface area contributed by atoms with Crippen LogP contribution in [0.1, 0.15) is 24.2 Å². The van der Waals surface area contributed by atoms with Crippen molar-refractivity contribution in [3.8, 4) is 0 Å². The molecule has 0 saturated carbocycles. The first-order valence-corrected chi connectivity index (χ1v) is 6.46. The Morgan fingerprint density at radius 1 is 1.50 bits per heavy atom. The third-order valence-electron chi connectivity index (χ3n) is 3.22. The number of hydrogen-bond donors (Lipinski definition) is 0. The van der Waals surface area contributed by atoms with E-state index in [0.717, 1.165) is 0 Å². The zero-order valence-electron chi connectivity index (χ0n) is 11.1. The summed E-state index contributed by atoms with van der Waals surface area (Å²) < 4.78 is 17.7. The third kappa shape index (κ3) is 3.17. The molecular formula is C14H14ClFN2O2. The maximum absolute atomic E-state index is 13.0. The van der Waals surface area contributed by atoms with Gasteiger partial charge in [0.15, 0.2) is 0 Å². The number of nitrogens with zero attached hydrogens (tertiary/aromatic N) is 2. The molecule has 0 fully saturated rings. The number of rotatable bonds is 4. The lowest BCUT2D eigenvalue weighted by Crippen LogP contribution is -2.31. The molecule has 0 radical (unpaired) electrons. The lowest BCUT2D eigenvalue weighted by atomic mass is 10.1. The minimum absolute atomic E-state index is 0.109. The van der Waals surface area contributed by atoms with Crippen molar-refractivity contribution in [1.82, 2.24) is 10.1 Å². The van der Waals surface area contributed by atoms with Gasteiger partial charge in [0, 0.05) is 18.1 Å². The first-order valence-electron chi connectivity index (χ1n) is 6.09. The van der Waals surface area contributed by atoms with Gasteiger partial charge in [-0.3, -0.25) is 4.79 Å². The van der Waals surface area contributed by atoms with Gasteiger partial charge in [-0.2, -0.15) is 0 Å². The standard InChI is InChI=1S/C14H14ClFN2O2/c1-9(13-5-6-20-17-13)18(2)14(19)7-10-3-4-11(16)8-12(10)15/h3-6,8-9H,7H2,1-2H3/t9-/m0/s1. The lowest BCUT2D eigenvalue weighted by molar-refractivity contribution is -0.131. The second kappa shape index (κ2) is 6.05. The average Bonchev–Trinajstić information content (AvgIpc) is 2.94. The molecule has 6 heteroatoms. The van der Waals surface area contributed by atoms with Gasteiger partial charge in [0.1, 0.15) is 17.8 Å². The number of aromatic nitrogens is 1. The Hall–Kier alpha value is -1.88. The molecule has 1 aromatic heterocycles. The van der Waals surface area contributed by atoms with Crippen LogP contribution in [0.4, 0.5) is 4.39 Å². The van der Waals surface area contributed by atoms with E-state index in [0.29, 0.717) is 11.3 Å². The van der Waals surface area contributed by atoms with E-state index in [4.69, 9.17) is 16.1 Å². The quantitative estimate of drug-likeness (QED) is 0.870. The van der Waals surface area contributed by atoms with Crippen molar-refractivity contribution in [3.05, 3.63) is 52.6 Å². The Balaban J connectivity index is 2.08. The molecule has 0 bridgehead atoms. The number of likely N-dealkylation sites (N-methyl/N-ethyl adjacent to an activating group) is 1. The van der Waals surface area contributed by atoms with E-state index in [9.17, 15) is 9.18 Å². The number of benzene rings is 1. The molecule has 1 aromatic carbocycles. The fraction of sp³-hybridized carbons (Fsp3) is 0.286. The van der Waals surface area contributed by atoms with Crippen LogP contribution in [0.15, 0.2) is 35.1 Å². The molecule has 0 spiro atoms. The summed E-state index contributed by atoms with van der Waals surface area (Å²) in [4.78, 5) is 13.8. The third-order valence-corrected chi connectivity index (χ3v) is 3.57. The van der Waals surface area contributed by atoms with Gasteiger partial charge in [-0.1, -0.05) is 22.8 Å². The van der Waals surface area contributed by atoms with Gasteiger partial charge in [-0.15, -0.1) is 0 Å². The highest BCUT2D eigenvalue weighted by atomic mass is 35.5. The van der Waals surface area contributed by atoms with Crippen molar-refractivity contribution in [2.45, 2.75) is 19.4 Å². The summed E-state index contributed by atoms with van der Waals surface area (Å²) in [5, 5.41) is 4.06. The molecule has 20 heavy (non-hydrogen) atoms. The summed E-state index contributed by atoms with van der Waals surface area (Å²) in [5.41, 5.74) is 1.27. The average molecular weight is 297 g/mol. The van der Waals surface area contributed by atoms with Gasteiger partial charge in [-0.25, -0.2) is 4.39 Å². The predicted molar refractivity (Wildman–Crippen MR) is 72.8 cm³/mol. The van der Waals surface area contributed by atoms with Gasteiger partial charge in [0.05, 0.1) is 12.5 Å². The molecule has 4 nitrogen and oxygen atoms in total. The normalized spacial score (nSPS) is 12.2. The molecule has 0 aliphatic heterocycles. The predicted octanol–water partition coefficient (Wildman–Crippen LogP) is 3.23. The van der Waals surface area contributed by atoms with Crippen molar-refractivity contribution in [2.24, 2.45) is 0 Å². The van der Waals surface area contributed by atoms with Crippen molar-refractivity contribution < 1.29 is 13.7 Å². The van der Waals surface area contributed by atoms with Gasteiger partial charge in [0.25, 0.3) is 0 Å². The minimum atomic E-state index is -0.421. The largest absolute Gasteiger partial charge is 0.364 e. The fourth-order valence-electron chi connectivity index (χ4n) is 1.80. The van der Waals surface area contributed by atoms with Gasteiger partial charge < -0.3 is 9.42 Å². The van der Waals surface area contributed by atoms with Crippen LogP contribution in [-0.2, 0) is 11.2 Å². The van der Waals surface area contributed by atoms with Crippen LogP contribution in [0, 0.1) is 5.82 Å². The zero-order chi connectivity index (χ0) is 14.7. The van der Waals surface area contributed by atoms with E-state index >= 15 is 0 Å². The molecular weight excluding hydrogens is 283 g/mol. The molecule has 2 rings (SSSR count). The first-order chi connectivity index (χ1) is 9.49. The molecule has 1 heterocycles. The maximum Gasteiger partial charge on any atom is 0.227 e. The summed E-state index contributed by atoms with van der Waals surface area (Å²) in [6.45, 7) is 1.85. The highest BCUT2D eigenvalue weighted by Crippen LogP contribution is 2.21. The fourth-order valence-corrected chi connectivity index (χ4v) is 2.04. The maximum atomic E-state index is 13.0.